The molecule has 0 aliphatic rings. The third-order valence-corrected chi connectivity index (χ3v) is 2.33. The second-order valence-electron chi connectivity index (χ2n) is 3.76. The molecule has 2 N–H and O–H groups in total. The second kappa shape index (κ2) is 5.81. The Morgan fingerprint density at radius 3 is 2.53 bits per heavy atom. The van der Waals surface area contributed by atoms with Crippen molar-refractivity contribution in [3.05, 3.63) is 28.2 Å². The van der Waals surface area contributed by atoms with E-state index < -0.39 is 30.3 Å². The molecular weight excluding hydrogens is 292 g/mol. The van der Waals surface area contributed by atoms with Gasteiger partial charge in [-0.3, -0.25) is 0 Å². The molecule has 1 rings (SSSR count). The maximum atomic E-state index is 13.6. The average Bonchev–Trinajstić information content (AvgIpc) is 2.18. The molecular formula is C10H10ClF4N2O2-. The maximum absolute atomic E-state index is 13.6. The normalized spacial score (nSPS) is 13.3. The van der Waals surface area contributed by atoms with Crippen LogP contribution in [-0.4, -0.2) is 24.6 Å². The fourth-order valence-electron chi connectivity index (χ4n) is 1.39. The zero-order valence-corrected chi connectivity index (χ0v) is 10.4. The Hall–Kier alpha value is -1.25. The molecule has 4 nitrogen and oxygen atoms in total. The van der Waals surface area contributed by atoms with Crippen LogP contribution in [0.25, 0.3) is 0 Å². The van der Waals surface area contributed by atoms with Gasteiger partial charge in [0.15, 0.2) is 0 Å². The minimum atomic E-state index is -4.63. The van der Waals surface area contributed by atoms with E-state index in [2.05, 4.69) is 0 Å². The van der Waals surface area contributed by atoms with Crippen LogP contribution in [0.3, 0.4) is 0 Å². The molecule has 0 heterocycles. The molecule has 1 aromatic rings. The number of rotatable bonds is 4. The summed E-state index contributed by atoms with van der Waals surface area (Å²) in [5, 5.41) is 22.4. The number of nitrogens with zero attached hydrogens (tertiary/aromatic N) is 1. The van der Waals surface area contributed by atoms with Crippen LogP contribution in [0.4, 0.5) is 28.9 Å². The summed E-state index contributed by atoms with van der Waals surface area (Å²) in [7, 11) is 1.02. The van der Waals surface area contributed by atoms with Crippen molar-refractivity contribution >= 4 is 23.0 Å². The molecule has 19 heavy (non-hydrogen) atoms. The number of benzene rings is 1. The average molecular weight is 302 g/mol. The van der Waals surface area contributed by atoms with Crippen molar-refractivity contribution in [2.75, 3.05) is 17.4 Å². The molecule has 108 valence electrons. The standard InChI is InChI=1S/C10H10ClF4N2O2/c1-17(19)7-3-5(11)2-6(12)9(7)16-8(18)4-10(13,14)15/h2-3,8,16,18H,4H2,1H3/q-1. The molecule has 1 unspecified atom stereocenters. The van der Waals surface area contributed by atoms with Gasteiger partial charge in [-0.25, -0.2) is 4.39 Å². The van der Waals surface area contributed by atoms with Crippen LogP contribution in [-0.2, 0) is 0 Å². The van der Waals surface area contributed by atoms with Gasteiger partial charge < -0.3 is 20.7 Å². The lowest BCUT2D eigenvalue weighted by Crippen LogP contribution is -2.27. The number of aliphatic hydroxyl groups is 1. The topological polar surface area (TPSA) is 58.6 Å². The van der Waals surface area contributed by atoms with E-state index in [4.69, 9.17) is 11.6 Å². The Kier molecular flexibility index (Phi) is 4.83. The summed E-state index contributed by atoms with van der Waals surface area (Å²) in [6.45, 7) is 0. The summed E-state index contributed by atoms with van der Waals surface area (Å²) in [5.41, 5.74) is -0.857. The van der Waals surface area contributed by atoms with Gasteiger partial charge in [0.05, 0.1) is 17.8 Å². The van der Waals surface area contributed by atoms with Gasteiger partial charge in [-0.1, -0.05) is 11.6 Å². The largest absolute Gasteiger partial charge is 0.758 e. The molecule has 0 aliphatic carbocycles. The predicted molar refractivity (Wildman–Crippen MR) is 63.5 cm³/mol. The number of nitrogens with one attached hydrogen (secondary N) is 1. The molecule has 0 bridgehead atoms. The fourth-order valence-corrected chi connectivity index (χ4v) is 1.59. The zero-order valence-electron chi connectivity index (χ0n) is 9.63. The Bertz CT molecular complexity index is 454. The summed E-state index contributed by atoms with van der Waals surface area (Å²) in [6, 6.07) is 1.89. The lowest BCUT2D eigenvalue weighted by Gasteiger charge is -2.29. The SMILES string of the molecule is CN([O-])c1cc(Cl)cc(F)c1NC(O)CC(F)(F)F. The first kappa shape index (κ1) is 15.8. The monoisotopic (exact) mass is 301 g/mol. The summed E-state index contributed by atoms with van der Waals surface area (Å²) < 4.78 is 49.7. The number of hydrogen-bond acceptors (Lipinski definition) is 4. The van der Waals surface area contributed by atoms with Gasteiger partial charge in [-0.2, -0.15) is 13.2 Å². The summed E-state index contributed by atoms with van der Waals surface area (Å²) in [5.74, 6) is -1.04. The summed E-state index contributed by atoms with van der Waals surface area (Å²) in [6.07, 6.45) is -8.29. The van der Waals surface area contributed by atoms with Gasteiger partial charge in [-0.05, 0) is 19.2 Å². The van der Waals surface area contributed by atoms with E-state index in [0.29, 0.717) is 0 Å². The first-order valence-electron chi connectivity index (χ1n) is 5.01. The van der Waals surface area contributed by atoms with Crippen LogP contribution in [0.15, 0.2) is 12.1 Å². The predicted octanol–water partition coefficient (Wildman–Crippen LogP) is 3.10. The van der Waals surface area contributed by atoms with Gasteiger partial charge in [-0.15, -0.1) is 0 Å². The van der Waals surface area contributed by atoms with Gasteiger partial charge in [0.1, 0.15) is 12.0 Å². The minimum Gasteiger partial charge on any atom is -0.758 e. The molecule has 9 heteroatoms. The van der Waals surface area contributed by atoms with E-state index in [1.165, 1.54) is 0 Å². The number of hydroxylamine groups is 1. The Morgan fingerprint density at radius 2 is 2.05 bits per heavy atom. The van der Waals surface area contributed by atoms with E-state index in [-0.39, 0.29) is 15.8 Å². The Morgan fingerprint density at radius 1 is 1.47 bits per heavy atom. The zero-order chi connectivity index (χ0) is 14.8. The fraction of sp³-hybridized carbons (Fsp3) is 0.400. The summed E-state index contributed by atoms with van der Waals surface area (Å²) in [4.78, 5) is 0. The van der Waals surface area contributed by atoms with Crippen molar-refractivity contribution in [1.29, 1.82) is 0 Å². The molecule has 0 saturated carbocycles. The van der Waals surface area contributed by atoms with Crippen LogP contribution in [0.5, 0.6) is 0 Å². The van der Waals surface area contributed by atoms with Crippen molar-refractivity contribution in [2.45, 2.75) is 18.8 Å². The highest BCUT2D eigenvalue weighted by molar-refractivity contribution is 6.31. The van der Waals surface area contributed by atoms with Crippen molar-refractivity contribution in [3.8, 4) is 0 Å². The lowest BCUT2D eigenvalue weighted by molar-refractivity contribution is -0.150. The highest BCUT2D eigenvalue weighted by Gasteiger charge is 2.31. The van der Waals surface area contributed by atoms with Crippen molar-refractivity contribution in [3.63, 3.8) is 0 Å². The number of hydrogen-bond donors (Lipinski definition) is 2. The van der Waals surface area contributed by atoms with Gasteiger partial charge in [0.2, 0.25) is 0 Å². The molecule has 0 aromatic heterocycles. The van der Waals surface area contributed by atoms with E-state index in [0.717, 1.165) is 19.2 Å². The molecule has 0 aliphatic heterocycles. The smallest absolute Gasteiger partial charge is 0.393 e. The summed E-state index contributed by atoms with van der Waals surface area (Å²) >= 11 is 5.53. The van der Waals surface area contributed by atoms with E-state index >= 15 is 0 Å². The Balaban J connectivity index is 3.00. The molecule has 0 amide bonds. The van der Waals surface area contributed by atoms with Crippen molar-refractivity contribution in [2.24, 2.45) is 0 Å². The third kappa shape index (κ3) is 4.73. The number of halogens is 5. The van der Waals surface area contributed by atoms with Crippen LogP contribution in [0, 0.1) is 11.0 Å². The molecule has 0 radical (unpaired) electrons. The van der Waals surface area contributed by atoms with Crippen molar-refractivity contribution in [1.82, 2.24) is 0 Å². The number of alkyl halides is 3. The highest BCUT2D eigenvalue weighted by atomic mass is 35.5. The quantitative estimate of drug-likeness (QED) is 0.510. The van der Waals surface area contributed by atoms with Crippen LogP contribution in [0.2, 0.25) is 5.02 Å². The van der Waals surface area contributed by atoms with Crippen LogP contribution < -0.4 is 10.4 Å². The van der Waals surface area contributed by atoms with E-state index in [9.17, 15) is 27.9 Å². The van der Waals surface area contributed by atoms with Crippen LogP contribution >= 0.6 is 11.6 Å². The highest BCUT2D eigenvalue weighted by Crippen LogP contribution is 2.33. The van der Waals surface area contributed by atoms with Gasteiger partial charge in [0, 0.05) is 5.02 Å². The molecule has 0 saturated heterocycles. The van der Waals surface area contributed by atoms with Gasteiger partial charge >= 0.3 is 6.18 Å². The number of anilines is 2. The minimum absolute atomic E-state index is 0.0916. The third-order valence-electron chi connectivity index (χ3n) is 2.11. The van der Waals surface area contributed by atoms with E-state index in [1.54, 1.807) is 0 Å². The maximum Gasteiger partial charge on any atom is 0.393 e. The molecule has 1 atom stereocenters. The van der Waals surface area contributed by atoms with Gasteiger partial charge in [0.25, 0.3) is 0 Å². The number of aliphatic hydroxyl groups excluding tert-OH is 1. The first-order valence-corrected chi connectivity index (χ1v) is 5.39. The van der Waals surface area contributed by atoms with Crippen LogP contribution in [0.1, 0.15) is 6.42 Å². The molecule has 1 aromatic carbocycles. The lowest BCUT2D eigenvalue weighted by atomic mass is 10.2. The van der Waals surface area contributed by atoms with Crippen molar-refractivity contribution < 1.29 is 22.7 Å². The first-order chi connectivity index (χ1) is 8.60. The Labute approximate surface area is 111 Å². The second-order valence-corrected chi connectivity index (χ2v) is 4.20. The molecule has 0 fully saturated rings. The van der Waals surface area contributed by atoms with E-state index in [1.807, 2.05) is 5.32 Å². The molecule has 0 spiro atoms.